The third-order valence-corrected chi connectivity index (χ3v) is 3.79. The van der Waals surface area contributed by atoms with Crippen molar-refractivity contribution in [1.82, 2.24) is 10.2 Å². The highest BCUT2D eigenvalue weighted by Crippen LogP contribution is 2.37. The zero-order chi connectivity index (χ0) is 17.2. The highest BCUT2D eigenvalue weighted by Gasteiger charge is 2.35. The van der Waals surface area contributed by atoms with Gasteiger partial charge in [0, 0.05) is 17.4 Å². The van der Waals surface area contributed by atoms with E-state index in [9.17, 15) is 13.2 Å². The molecule has 0 aliphatic heterocycles. The SMILES string of the molecule is Cc1ccc(NC(c2cn[nH]c2)c2ccccc2C(F)(F)F)cc1. The molecule has 0 saturated carbocycles. The number of nitrogens with one attached hydrogen (secondary N) is 2. The van der Waals surface area contributed by atoms with E-state index in [2.05, 4.69) is 15.5 Å². The summed E-state index contributed by atoms with van der Waals surface area (Å²) in [6.45, 7) is 1.95. The second-order valence-corrected chi connectivity index (χ2v) is 5.56. The van der Waals surface area contributed by atoms with Gasteiger partial charge < -0.3 is 5.32 Å². The Bertz CT molecular complexity index is 793. The molecule has 0 fully saturated rings. The quantitative estimate of drug-likeness (QED) is 0.711. The minimum atomic E-state index is -4.42. The van der Waals surface area contributed by atoms with E-state index >= 15 is 0 Å². The lowest BCUT2D eigenvalue weighted by Gasteiger charge is -2.23. The second-order valence-electron chi connectivity index (χ2n) is 5.56. The van der Waals surface area contributed by atoms with Crippen LogP contribution in [-0.4, -0.2) is 10.2 Å². The first-order chi connectivity index (χ1) is 11.4. The molecule has 3 aromatic rings. The predicted molar refractivity (Wildman–Crippen MR) is 86.7 cm³/mol. The molecule has 6 heteroatoms. The van der Waals surface area contributed by atoms with E-state index in [0.29, 0.717) is 5.56 Å². The zero-order valence-corrected chi connectivity index (χ0v) is 12.9. The Morgan fingerprint density at radius 1 is 1.04 bits per heavy atom. The van der Waals surface area contributed by atoms with Crippen LogP contribution < -0.4 is 5.32 Å². The van der Waals surface area contributed by atoms with E-state index < -0.39 is 17.8 Å². The molecule has 24 heavy (non-hydrogen) atoms. The van der Waals surface area contributed by atoms with Crippen LogP contribution in [0.15, 0.2) is 60.9 Å². The molecule has 2 N–H and O–H groups in total. The number of benzene rings is 2. The van der Waals surface area contributed by atoms with Crippen LogP contribution in [0.1, 0.15) is 28.3 Å². The molecule has 0 radical (unpaired) electrons. The lowest BCUT2D eigenvalue weighted by Crippen LogP contribution is -2.18. The predicted octanol–water partition coefficient (Wildman–Crippen LogP) is 4.94. The zero-order valence-electron chi connectivity index (χ0n) is 12.9. The summed E-state index contributed by atoms with van der Waals surface area (Å²) < 4.78 is 40.2. The van der Waals surface area contributed by atoms with Crippen molar-refractivity contribution < 1.29 is 13.2 Å². The Morgan fingerprint density at radius 2 is 1.75 bits per heavy atom. The van der Waals surface area contributed by atoms with Crippen LogP contribution in [0.5, 0.6) is 0 Å². The molecule has 1 unspecified atom stereocenters. The second kappa shape index (κ2) is 6.39. The van der Waals surface area contributed by atoms with Crippen LogP contribution in [0.2, 0.25) is 0 Å². The summed E-state index contributed by atoms with van der Waals surface area (Å²) in [5.74, 6) is 0. The van der Waals surface area contributed by atoms with Crippen molar-refractivity contribution in [3.05, 3.63) is 83.2 Å². The van der Waals surface area contributed by atoms with Crippen LogP contribution in [-0.2, 0) is 6.18 Å². The van der Waals surface area contributed by atoms with Gasteiger partial charge in [-0.15, -0.1) is 0 Å². The number of aromatic amines is 1. The van der Waals surface area contributed by atoms with Gasteiger partial charge in [0.25, 0.3) is 0 Å². The summed E-state index contributed by atoms with van der Waals surface area (Å²) in [7, 11) is 0. The van der Waals surface area contributed by atoms with Gasteiger partial charge in [0.2, 0.25) is 0 Å². The number of hydrogen-bond donors (Lipinski definition) is 2. The van der Waals surface area contributed by atoms with Gasteiger partial charge in [-0.2, -0.15) is 18.3 Å². The highest BCUT2D eigenvalue weighted by atomic mass is 19.4. The Kier molecular flexibility index (Phi) is 4.29. The summed E-state index contributed by atoms with van der Waals surface area (Å²) in [6.07, 6.45) is -1.30. The Balaban J connectivity index is 2.05. The van der Waals surface area contributed by atoms with E-state index in [0.717, 1.165) is 17.3 Å². The van der Waals surface area contributed by atoms with Gasteiger partial charge in [0.15, 0.2) is 0 Å². The van der Waals surface area contributed by atoms with Crippen molar-refractivity contribution in [2.45, 2.75) is 19.1 Å². The number of H-pyrrole nitrogens is 1. The molecular formula is C18H16F3N3. The van der Waals surface area contributed by atoms with Crippen LogP contribution in [0.25, 0.3) is 0 Å². The summed E-state index contributed by atoms with van der Waals surface area (Å²) in [4.78, 5) is 0. The van der Waals surface area contributed by atoms with Gasteiger partial charge in [-0.25, -0.2) is 0 Å². The van der Waals surface area contributed by atoms with Crippen LogP contribution in [0, 0.1) is 6.92 Å². The fraction of sp³-hybridized carbons (Fsp3) is 0.167. The standard InChI is InChI=1S/C18H16F3N3/c1-12-6-8-14(9-7-12)24-17(13-10-22-23-11-13)15-4-2-3-5-16(15)18(19,20)21/h2-11,17,24H,1H3,(H,22,23). The van der Waals surface area contributed by atoms with Gasteiger partial charge in [0.1, 0.15) is 0 Å². The Labute approximate surface area is 137 Å². The fourth-order valence-corrected chi connectivity index (χ4v) is 2.58. The number of anilines is 1. The van der Waals surface area contributed by atoms with E-state index in [4.69, 9.17) is 0 Å². The molecule has 0 spiro atoms. The van der Waals surface area contributed by atoms with Gasteiger partial charge in [-0.1, -0.05) is 35.9 Å². The third kappa shape index (κ3) is 3.42. The first kappa shape index (κ1) is 16.1. The van der Waals surface area contributed by atoms with E-state index in [1.165, 1.54) is 18.3 Å². The summed E-state index contributed by atoms with van der Waals surface area (Å²) in [5, 5.41) is 9.71. The minimum Gasteiger partial charge on any atom is -0.374 e. The molecule has 1 heterocycles. The van der Waals surface area contributed by atoms with Crippen LogP contribution >= 0.6 is 0 Å². The molecule has 1 atom stereocenters. The lowest BCUT2D eigenvalue weighted by molar-refractivity contribution is -0.138. The van der Waals surface area contributed by atoms with Crippen molar-refractivity contribution in [1.29, 1.82) is 0 Å². The number of nitrogens with zero attached hydrogens (tertiary/aromatic N) is 1. The van der Waals surface area contributed by atoms with Gasteiger partial charge in [0.05, 0.1) is 17.8 Å². The molecule has 0 aliphatic carbocycles. The van der Waals surface area contributed by atoms with Crippen molar-refractivity contribution in [3.8, 4) is 0 Å². The average Bonchev–Trinajstić information content (AvgIpc) is 3.08. The molecule has 124 valence electrons. The molecule has 3 nitrogen and oxygen atoms in total. The summed E-state index contributed by atoms with van der Waals surface area (Å²) in [6, 6.07) is 12.4. The van der Waals surface area contributed by atoms with E-state index in [-0.39, 0.29) is 5.56 Å². The largest absolute Gasteiger partial charge is 0.416 e. The first-order valence-electron chi connectivity index (χ1n) is 7.43. The van der Waals surface area contributed by atoms with Crippen LogP contribution in [0.4, 0.5) is 18.9 Å². The maximum Gasteiger partial charge on any atom is 0.416 e. The molecule has 0 amide bonds. The molecular weight excluding hydrogens is 315 g/mol. The molecule has 2 aromatic carbocycles. The normalized spacial score (nSPS) is 12.8. The van der Waals surface area contributed by atoms with Crippen molar-refractivity contribution in [2.24, 2.45) is 0 Å². The Morgan fingerprint density at radius 3 is 2.38 bits per heavy atom. The number of alkyl halides is 3. The smallest absolute Gasteiger partial charge is 0.374 e. The lowest BCUT2D eigenvalue weighted by atomic mass is 9.95. The van der Waals surface area contributed by atoms with Crippen molar-refractivity contribution in [3.63, 3.8) is 0 Å². The summed E-state index contributed by atoms with van der Waals surface area (Å²) in [5.41, 5.74) is 1.95. The third-order valence-electron chi connectivity index (χ3n) is 3.79. The molecule has 0 saturated heterocycles. The van der Waals surface area contributed by atoms with Crippen LogP contribution in [0.3, 0.4) is 0 Å². The maximum atomic E-state index is 13.4. The highest BCUT2D eigenvalue weighted by molar-refractivity contribution is 5.51. The molecule has 0 aliphatic rings. The average molecular weight is 331 g/mol. The number of rotatable bonds is 4. The van der Waals surface area contributed by atoms with E-state index in [1.807, 2.05) is 31.2 Å². The monoisotopic (exact) mass is 331 g/mol. The van der Waals surface area contributed by atoms with Gasteiger partial charge >= 0.3 is 6.18 Å². The van der Waals surface area contributed by atoms with Crippen molar-refractivity contribution in [2.75, 3.05) is 5.32 Å². The number of hydrogen-bond acceptors (Lipinski definition) is 2. The Hall–Kier alpha value is -2.76. The fourth-order valence-electron chi connectivity index (χ4n) is 2.58. The van der Waals surface area contributed by atoms with Gasteiger partial charge in [-0.3, -0.25) is 5.10 Å². The summed E-state index contributed by atoms with van der Waals surface area (Å²) >= 11 is 0. The molecule has 0 bridgehead atoms. The van der Waals surface area contributed by atoms with E-state index in [1.54, 1.807) is 12.3 Å². The molecule has 1 aromatic heterocycles. The number of aromatic nitrogens is 2. The molecule has 3 rings (SSSR count). The van der Waals surface area contributed by atoms with Gasteiger partial charge in [-0.05, 0) is 30.7 Å². The van der Waals surface area contributed by atoms with Crippen molar-refractivity contribution >= 4 is 5.69 Å². The topological polar surface area (TPSA) is 40.7 Å². The number of aryl methyl sites for hydroxylation is 1. The first-order valence-corrected chi connectivity index (χ1v) is 7.43. The number of halogens is 3. The minimum absolute atomic E-state index is 0.159. The maximum absolute atomic E-state index is 13.4.